The zero-order valence-corrected chi connectivity index (χ0v) is 56.2. The van der Waals surface area contributed by atoms with E-state index in [1.807, 2.05) is 6.07 Å². The highest BCUT2D eigenvalue weighted by atomic mass is 16.3. The quantitative estimate of drug-likeness (QED) is 0.134. The molecule has 0 radical (unpaired) electrons. The molecule has 6 heteroatoms. The van der Waals surface area contributed by atoms with Gasteiger partial charge in [-0.25, -0.2) is 0 Å². The smallest absolute Gasteiger partial charge is 0.143 e. The van der Waals surface area contributed by atoms with Crippen molar-refractivity contribution in [3.8, 4) is 100 Å². The zero-order valence-electron chi connectivity index (χ0n) is 56.2. The van der Waals surface area contributed by atoms with Gasteiger partial charge in [-0.15, -0.1) is 0 Å². The van der Waals surface area contributed by atoms with Crippen molar-refractivity contribution in [1.29, 1.82) is 0 Å². The van der Waals surface area contributed by atoms with Crippen LogP contribution in [0.4, 0.5) is 0 Å². The molecule has 17 aromatic carbocycles. The normalized spacial score (nSPS) is 11.7. The molecule has 21 aromatic rings. The van der Waals surface area contributed by atoms with Crippen LogP contribution in [0.5, 0.6) is 0 Å². The molecule has 0 aliphatic heterocycles. The van der Waals surface area contributed by atoms with Crippen LogP contribution in [0.25, 0.3) is 209 Å². The first-order chi connectivity index (χ1) is 51.6. The lowest BCUT2D eigenvalue weighted by atomic mass is 9.92. The largest absolute Gasteiger partial charge is 0.455 e. The number of furan rings is 2. The van der Waals surface area contributed by atoms with Crippen LogP contribution in [0.2, 0.25) is 0 Å². The first-order valence-corrected chi connectivity index (χ1v) is 35.2. The lowest BCUT2D eigenvalue weighted by molar-refractivity contribution is 0.671. The highest BCUT2D eigenvalue weighted by Crippen LogP contribution is 2.47. The molecule has 0 spiro atoms. The summed E-state index contributed by atoms with van der Waals surface area (Å²) in [5.41, 5.74) is 27.8. The van der Waals surface area contributed by atoms with Gasteiger partial charge < -0.3 is 8.83 Å². The monoisotopic (exact) mass is 1320 g/mol. The average Bonchev–Trinajstić information content (AvgIpc) is 1.48. The minimum absolute atomic E-state index is 0.893. The minimum Gasteiger partial charge on any atom is -0.455 e. The van der Waals surface area contributed by atoms with Gasteiger partial charge in [-0.1, -0.05) is 291 Å². The number of benzene rings is 17. The number of aromatic nitrogens is 4. The van der Waals surface area contributed by atoms with Gasteiger partial charge in [0, 0.05) is 90.1 Å². The number of hydrogen-bond acceptors (Lipinski definition) is 6. The maximum Gasteiger partial charge on any atom is 0.143 e. The second-order valence-electron chi connectivity index (χ2n) is 26.7. The van der Waals surface area contributed by atoms with E-state index < -0.39 is 0 Å². The summed E-state index contributed by atoms with van der Waals surface area (Å²) < 4.78 is 13.7. The number of para-hydroxylation sites is 1. The topological polar surface area (TPSA) is 77.8 Å². The summed E-state index contributed by atoms with van der Waals surface area (Å²) in [6, 6.07) is 121. The van der Waals surface area contributed by atoms with Gasteiger partial charge in [0.05, 0.1) is 22.1 Å². The van der Waals surface area contributed by atoms with Crippen LogP contribution >= 0.6 is 0 Å². The maximum absolute atomic E-state index is 6.97. The number of nitrogens with zero attached hydrogens (tertiary/aromatic N) is 4. The second-order valence-corrected chi connectivity index (χ2v) is 26.7. The van der Waals surface area contributed by atoms with Crippen LogP contribution in [0.3, 0.4) is 0 Å². The van der Waals surface area contributed by atoms with Crippen LogP contribution in [0.1, 0.15) is 0 Å². The van der Waals surface area contributed by atoms with Crippen LogP contribution < -0.4 is 0 Å². The highest BCUT2D eigenvalue weighted by molar-refractivity contribution is 6.25. The lowest BCUT2D eigenvalue weighted by Crippen LogP contribution is -1.89. The first-order valence-electron chi connectivity index (χ1n) is 35.2. The fourth-order valence-electron chi connectivity index (χ4n) is 15.7. The van der Waals surface area contributed by atoms with Crippen molar-refractivity contribution < 1.29 is 8.83 Å². The van der Waals surface area contributed by atoms with E-state index in [1.165, 1.54) is 38.2 Å². The predicted molar refractivity (Wildman–Crippen MR) is 433 cm³/mol. The third-order valence-electron chi connectivity index (χ3n) is 20.7. The Morgan fingerprint density at radius 1 is 0.144 bits per heavy atom. The summed E-state index contributed by atoms with van der Waals surface area (Å²) in [7, 11) is 0. The summed E-state index contributed by atoms with van der Waals surface area (Å²) in [5, 5.41) is 13.6. The van der Waals surface area contributed by atoms with Gasteiger partial charge in [0.1, 0.15) is 22.3 Å². The van der Waals surface area contributed by atoms with Crippen LogP contribution in [0.15, 0.2) is 373 Å². The van der Waals surface area contributed by atoms with Gasteiger partial charge in [0.25, 0.3) is 0 Å². The second kappa shape index (κ2) is 25.0. The lowest BCUT2D eigenvalue weighted by Gasteiger charge is -2.12. The molecular formula is C98H60N4O2. The Morgan fingerprint density at radius 2 is 0.394 bits per heavy atom. The van der Waals surface area contributed by atoms with E-state index >= 15 is 0 Å². The van der Waals surface area contributed by atoms with E-state index in [0.29, 0.717) is 0 Å². The fraction of sp³-hybridized carbons (Fsp3) is 0. The van der Waals surface area contributed by atoms with E-state index in [0.717, 1.165) is 171 Å². The molecule has 0 saturated carbocycles. The van der Waals surface area contributed by atoms with Crippen molar-refractivity contribution in [2.45, 2.75) is 0 Å². The number of rotatable bonds is 9. The molecule has 0 unspecified atom stereocenters. The van der Waals surface area contributed by atoms with Crippen LogP contribution in [-0.4, -0.2) is 19.9 Å². The van der Waals surface area contributed by atoms with Crippen molar-refractivity contribution in [2.75, 3.05) is 0 Å². The van der Waals surface area contributed by atoms with E-state index in [4.69, 9.17) is 23.8 Å². The predicted octanol–water partition coefficient (Wildman–Crippen LogP) is 26.7. The van der Waals surface area contributed by atoms with Gasteiger partial charge in [-0.3, -0.25) is 19.9 Å². The van der Waals surface area contributed by atoms with E-state index in [2.05, 4.69) is 339 Å². The van der Waals surface area contributed by atoms with Crippen molar-refractivity contribution in [3.05, 3.63) is 365 Å². The Labute approximate surface area is 598 Å². The van der Waals surface area contributed by atoms with Crippen molar-refractivity contribution in [2.24, 2.45) is 0 Å². The minimum atomic E-state index is 0.893. The van der Waals surface area contributed by atoms with Crippen molar-refractivity contribution >= 4 is 109 Å². The standard InChI is InChI=1S/C52H32N2O.C46H28N2O/c1-4-12-33(13-5-1)39-29-44(36-14-6-2-7-15-36)51-47(31-39)48-32-40(30-45(52(48)55-51)37-16-8-3-9-17-37)35-22-20-34(21-23-35)38-24-25-43-46(28-38)41-18-10-11-19-42(41)49-50(43)54-27-26-53-49;1-3-10-31(11-4-1)35-16-9-17-39-42-28-34(27-40(46(42)49-45(35)39)32-12-5-2-6-13-32)30-20-18-29(19-21-30)33-22-23-38-41(26-33)36-14-7-8-15-37(36)43-44(38)48-25-24-47-43/h1-32H;1-28H. The summed E-state index contributed by atoms with van der Waals surface area (Å²) in [6.45, 7) is 0. The average molecular weight is 1330 g/mol. The van der Waals surface area contributed by atoms with Crippen molar-refractivity contribution in [1.82, 2.24) is 19.9 Å². The molecule has 0 bridgehead atoms. The van der Waals surface area contributed by atoms with Crippen molar-refractivity contribution in [3.63, 3.8) is 0 Å². The first kappa shape index (κ1) is 60.1. The summed E-state index contributed by atoms with van der Waals surface area (Å²) in [4.78, 5) is 18.9. The number of fused-ring (bicyclic) bond motifs is 18. The Hall–Kier alpha value is -13.9. The number of hydrogen-bond donors (Lipinski definition) is 0. The van der Waals surface area contributed by atoms with Crippen LogP contribution in [-0.2, 0) is 0 Å². The molecule has 484 valence electrons. The molecule has 0 fully saturated rings. The van der Waals surface area contributed by atoms with E-state index in [9.17, 15) is 0 Å². The SMILES string of the molecule is c1ccc(-c2cc(-c3ccccc3)c3oc4c(-c5ccccc5)cc(-c5ccc(-c6ccc7c(c6)c6ccccc6c6nccnc76)cc5)cc4c3c2)cc1.c1ccc(-c2cccc3c2oc2c(-c4ccccc4)cc(-c4ccc(-c5ccc6c(c5)c5ccccc5c5nccnc65)cc4)cc23)cc1. The van der Waals surface area contributed by atoms with Gasteiger partial charge in [0.2, 0.25) is 0 Å². The maximum atomic E-state index is 6.97. The third-order valence-corrected chi connectivity index (χ3v) is 20.7. The van der Waals surface area contributed by atoms with Gasteiger partial charge in [-0.2, -0.15) is 0 Å². The molecule has 4 aromatic heterocycles. The fourth-order valence-corrected chi connectivity index (χ4v) is 15.7. The molecule has 0 aliphatic rings. The molecule has 0 N–H and O–H groups in total. The Bertz CT molecular complexity index is 6850. The van der Waals surface area contributed by atoms with Gasteiger partial charge in [0.15, 0.2) is 0 Å². The molecule has 0 saturated heterocycles. The molecule has 4 heterocycles. The molecule has 0 atom stereocenters. The van der Waals surface area contributed by atoms with E-state index in [-0.39, 0.29) is 0 Å². The Morgan fingerprint density at radius 3 is 0.760 bits per heavy atom. The van der Waals surface area contributed by atoms with Gasteiger partial charge >= 0.3 is 0 Å². The molecule has 21 rings (SSSR count). The summed E-state index contributed by atoms with van der Waals surface area (Å²) in [5.74, 6) is 0. The van der Waals surface area contributed by atoms with Crippen LogP contribution in [0, 0.1) is 0 Å². The molecule has 6 nitrogen and oxygen atoms in total. The summed E-state index contributed by atoms with van der Waals surface area (Å²) >= 11 is 0. The Kier molecular flexibility index (Phi) is 14.5. The van der Waals surface area contributed by atoms with E-state index in [1.54, 1.807) is 24.8 Å². The zero-order chi connectivity index (χ0) is 68.6. The summed E-state index contributed by atoms with van der Waals surface area (Å²) in [6.07, 6.45) is 7.10. The molecule has 0 aliphatic carbocycles. The van der Waals surface area contributed by atoms with Gasteiger partial charge in [-0.05, 0) is 148 Å². The molecule has 0 amide bonds. The molecule has 104 heavy (non-hydrogen) atoms. The molecular weight excluding hydrogens is 1270 g/mol. The Balaban J connectivity index is 0.000000139. The third kappa shape index (κ3) is 10.3. The highest BCUT2D eigenvalue weighted by Gasteiger charge is 2.23.